The SMILES string of the molecule is CC(C)NC(=O)c1cnc(N(C)C)nc1C1CCN(CC2CC2)C1. The molecule has 0 bridgehead atoms. The van der Waals surface area contributed by atoms with Gasteiger partial charge in [-0.05, 0) is 45.6 Å². The lowest BCUT2D eigenvalue weighted by Crippen LogP contribution is -2.32. The van der Waals surface area contributed by atoms with Crippen molar-refractivity contribution in [3.05, 3.63) is 17.5 Å². The smallest absolute Gasteiger partial charge is 0.254 e. The van der Waals surface area contributed by atoms with Gasteiger partial charge in [0.2, 0.25) is 5.95 Å². The monoisotopic (exact) mass is 331 g/mol. The van der Waals surface area contributed by atoms with Gasteiger partial charge in [-0.25, -0.2) is 9.97 Å². The van der Waals surface area contributed by atoms with E-state index in [0.717, 1.165) is 31.1 Å². The summed E-state index contributed by atoms with van der Waals surface area (Å²) in [5, 5.41) is 2.98. The maximum absolute atomic E-state index is 12.6. The number of rotatable bonds is 6. The largest absolute Gasteiger partial charge is 0.350 e. The molecule has 1 amide bonds. The van der Waals surface area contributed by atoms with Gasteiger partial charge in [0.15, 0.2) is 0 Å². The highest BCUT2D eigenvalue weighted by atomic mass is 16.1. The Hall–Kier alpha value is -1.69. The van der Waals surface area contributed by atoms with Crippen LogP contribution in [0.15, 0.2) is 6.20 Å². The van der Waals surface area contributed by atoms with Gasteiger partial charge >= 0.3 is 0 Å². The first-order chi connectivity index (χ1) is 11.4. The first-order valence-electron chi connectivity index (χ1n) is 9.01. The van der Waals surface area contributed by atoms with E-state index in [1.807, 2.05) is 32.8 Å². The van der Waals surface area contributed by atoms with Crippen molar-refractivity contribution in [2.75, 3.05) is 38.6 Å². The summed E-state index contributed by atoms with van der Waals surface area (Å²) in [6.07, 6.45) is 5.51. The van der Waals surface area contributed by atoms with Crippen LogP contribution in [0.5, 0.6) is 0 Å². The van der Waals surface area contributed by atoms with E-state index in [0.29, 0.717) is 17.4 Å². The molecular weight excluding hydrogens is 302 g/mol. The summed E-state index contributed by atoms with van der Waals surface area (Å²) in [5.41, 5.74) is 1.54. The lowest BCUT2D eigenvalue weighted by Gasteiger charge is -2.19. The third-order valence-corrected chi connectivity index (χ3v) is 4.74. The molecule has 1 atom stereocenters. The zero-order chi connectivity index (χ0) is 17.3. The van der Waals surface area contributed by atoms with Crippen LogP contribution in [0, 0.1) is 5.92 Å². The summed E-state index contributed by atoms with van der Waals surface area (Å²) in [4.78, 5) is 26.1. The van der Waals surface area contributed by atoms with Gasteiger partial charge in [-0.1, -0.05) is 0 Å². The van der Waals surface area contributed by atoms with E-state index in [-0.39, 0.29) is 11.9 Å². The van der Waals surface area contributed by atoms with Crippen molar-refractivity contribution < 1.29 is 4.79 Å². The summed E-state index contributed by atoms with van der Waals surface area (Å²) in [6, 6.07) is 0.105. The van der Waals surface area contributed by atoms with Crippen LogP contribution in [0.3, 0.4) is 0 Å². The minimum absolute atomic E-state index is 0.0639. The molecule has 1 aliphatic heterocycles. The highest BCUT2D eigenvalue weighted by Gasteiger charge is 2.32. The maximum Gasteiger partial charge on any atom is 0.254 e. The number of hydrogen-bond donors (Lipinski definition) is 1. The predicted molar refractivity (Wildman–Crippen MR) is 95.5 cm³/mol. The van der Waals surface area contributed by atoms with Crippen LogP contribution < -0.4 is 10.2 Å². The molecule has 0 aromatic carbocycles. The quantitative estimate of drug-likeness (QED) is 0.862. The topological polar surface area (TPSA) is 61.4 Å². The fraction of sp³-hybridized carbons (Fsp3) is 0.722. The zero-order valence-electron chi connectivity index (χ0n) is 15.2. The maximum atomic E-state index is 12.6. The molecular formula is C18H29N5O. The molecule has 3 rings (SSSR count). The Kier molecular flexibility index (Phi) is 5.04. The Bertz CT molecular complexity index is 597. The Morgan fingerprint density at radius 3 is 2.75 bits per heavy atom. The Morgan fingerprint density at radius 1 is 1.38 bits per heavy atom. The fourth-order valence-electron chi connectivity index (χ4n) is 3.31. The molecule has 24 heavy (non-hydrogen) atoms. The molecule has 1 N–H and O–H groups in total. The van der Waals surface area contributed by atoms with Crippen molar-refractivity contribution in [1.29, 1.82) is 0 Å². The molecule has 1 aliphatic carbocycles. The summed E-state index contributed by atoms with van der Waals surface area (Å²) in [6.45, 7) is 7.25. The van der Waals surface area contributed by atoms with Gasteiger partial charge in [-0.2, -0.15) is 0 Å². The third kappa shape index (κ3) is 4.04. The molecule has 2 aliphatic rings. The van der Waals surface area contributed by atoms with Crippen molar-refractivity contribution in [3.8, 4) is 0 Å². The lowest BCUT2D eigenvalue weighted by molar-refractivity contribution is 0.0940. The summed E-state index contributed by atoms with van der Waals surface area (Å²) in [5.74, 6) is 1.83. The van der Waals surface area contributed by atoms with Crippen molar-refractivity contribution in [1.82, 2.24) is 20.2 Å². The number of carbonyl (C=O) groups is 1. The third-order valence-electron chi connectivity index (χ3n) is 4.74. The number of hydrogen-bond acceptors (Lipinski definition) is 5. The fourth-order valence-corrected chi connectivity index (χ4v) is 3.31. The number of nitrogens with one attached hydrogen (secondary N) is 1. The normalized spacial score (nSPS) is 21.3. The second-order valence-electron chi connectivity index (χ2n) is 7.68. The molecule has 2 heterocycles. The molecule has 0 radical (unpaired) electrons. The number of aromatic nitrogens is 2. The summed E-state index contributed by atoms with van der Waals surface area (Å²) >= 11 is 0. The van der Waals surface area contributed by atoms with Gasteiger partial charge in [0.25, 0.3) is 5.91 Å². The van der Waals surface area contributed by atoms with Crippen LogP contribution in [0.25, 0.3) is 0 Å². The van der Waals surface area contributed by atoms with Crippen LogP contribution in [0.2, 0.25) is 0 Å². The zero-order valence-corrected chi connectivity index (χ0v) is 15.2. The van der Waals surface area contributed by atoms with Crippen LogP contribution >= 0.6 is 0 Å². The summed E-state index contributed by atoms with van der Waals surface area (Å²) in [7, 11) is 3.86. The number of likely N-dealkylation sites (tertiary alicyclic amines) is 1. The minimum atomic E-state index is -0.0639. The molecule has 132 valence electrons. The lowest BCUT2D eigenvalue weighted by atomic mass is 9.99. The predicted octanol–water partition coefficient (Wildman–Crippen LogP) is 1.88. The van der Waals surface area contributed by atoms with Crippen molar-refractivity contribution in [2.24, 2.45) is 5.92 Å². The van der Waals surface area contributed by atoms with Gasteiger partial charge in [0.1, 0.15) is 0 Å². The molecule has 6 nitrogen and oxygen atoms in total. The van der Waals surface area contributed by atoms with Crippen molar-refractivity contribution in [2.45, 2.75) is 45.1 Å². The molecule has 1 saturated heterocycles. The average Bonchev–Trinajstić information content (AvgIpc) is 3.21. The highest BCUT2D eigenvalue weighted by Crippen LogP contribution is 2.34. The van der Waals surface area contributed by atoms with E-state index in [1.165, 1.54) is 19.4 Å². The van der Waals surface area contributed by atoms with Crippen molar-refractivity contribution >= 4 is 11.9 Å². The standard InChI is InChI=1S/C18H29N5O/c1-12(2)20-17(24)15-9-19-18(22(3)4)21-16(15)14-7-8-23(11-14)10-13-5-6-13/h9,12-14H,5-8,10-11H2,1-4H3,(H,20,24). The summed E-state index contributed by atoms with van der Waals surface area (Å²) < 4.78 is 0. The number of anilines is 1. The number of nitrogens with zero attached hydrogens (tertiary/aromatic N) is 4. The highest BCUT2D eigenvalue weighted by molar-refractivity contribution is 5.95. The second kappa shape index (κ2) is 7.05. The first-order valence-corrected chi connectivity index (χ1v) is 9.01. The number of amides is 1. The van der Waals surface area contributed by atoms with Gasteiger partial charge < -0.3 is 15.1 Å². The van der Waals surface area contributed by atoms with E-state index in [9.17, 15) is 4.79 Å². The van der Waals surface area contributed by atoms with Gasteiger partial charge in [0, 0.05) is 45.3 Å². The molecule has 6 heteroatoms. The van der Waals surface area contributed by atoms with Gasteiger partial charge in [-0.15, -0.1) is 0 Å². The molecule has 1 aromatic rings. The first kappa shape index (κ1) is 17.1. The minimum Gasteiger partial charge on any atom is -0.350 e. The van der Waals surface area contributed by atoms with E-state index in [2.05, 4.69) is 15.2 Å². The second-order valence-corrected chi connectivity index (χ2v) is 7.68. The van der Waals surface area contributed by atoms with Crippen LogP contribution in [0.1, 0.15) is 55.1 Å². The van der Waals surface area contributed by atoms with E-state index in [4.69, 9.17) is 4.98 Å². The molecule has 1 unspecified atom stereocenters. The van der Waals surface area contributed by atoms with Crippen molar-refractivity contribution in [3.63, 3.8) is 0 Å². The van der Waals surface area contributed by atoms with Crippen LogP contribution in [0.4, 0.5) is 5.95 Å². The number of carbonyl (C=O) groups excluding carboxylic acids is 1. The van der Waals surface area contributed by atoms with Crippen LogP contribution in [-0.2, 0) is 0 Å². The molecule has 1 saturated carbocycles. The Balaban J connectivity index is 1.82. The van der Waals surface area contributed by atoms with Gasteiger partial charge in [-0.3, -0.25) is 4.79 Å². The molecule has 0 spiro atoms. The Morgan fingerprint density at radius 2 is 2.12 bits per heavy atom. The van der Waals surface area contributed by atoms with E-state index >= 15 is 0 Å². The van der Waals surface area contributed by atoms with E-state index < -0.39 is 0 Å². The molecule has 1 aromatic heterocycles. The van der Waals surface area contributed by atoms with E-state index in [1.54, 1.807) is 6.20 Å². The molecule has 2 fully saturated rings. The van der Waals surface area contributed by atoms with Gasteiger partial charge in [0.05, 0.1) is 11.3 Å². The Labute approximate surface area is 144 Å². The average molecular weight is 331 g/mol. The van der Waals surface area contributed by atoms with Crippen LogP contribution in [-0.4, -0.2) is 60.5 Å².